The number of carbonyl (C=O) groups is 4. The van der Waals surface area contributed by atoms with E-state index in [0.29, 0.717) is 53.6 Å². The molecule has 0 aromatic heterocycles. The van der Waals surface area contributed by atoms with Crippen LogP contribution in [-0.2, 0) is 38.4 Å². The van der Waals surface area contributed by atoms with Gasteiger partial charge in [-0.25, -0.2) is 0 Å². The van der Waals surface area contributed by atoms with Crippen molar-refractivity contribution in [3.05, 3.63) is 77.4 Å². The molecule has 4 rings (SSSR count). The van der Waals surface area contributed by atoms with Gasteiger partial charge in [0, 0.05) is 31.8 Å². The van der Waals surface area contributed by atoms with E-state index in [0.717, 1.165) is 0 Å². The smallest absolute Gasteiger partial charge is 0.243 e. The number of hydrogen-bond acceptors (Lipinski definition) is 11. The largest absolute Gasteiger partial charge is 0.508 e. The van der Waals surface area contributed by atoms with E-state index in [9.17, 15) is 34.5 Å². The Kier molecular flexibility index (Phi) is 23.4. The lowest BCUT2D eigenvalue weighted by Gasteiger charge is -2.26. The number of phenolic OH excluding ortho intramolecular Hbond substituents is 3. The Hall–Kier alpha value is -4.06. The molecule has 0 unspecified atom stereocenters. The normalized spacial score (nSPS) is 17.5. The number of aromatic hydroxyl groups is 3. The van der Waals surface area contributed by atoms with Crippen LogP contribution in [0.25, 0.3) is 11.1 Å². The number of fused-ring (bicyclic) bond motifs is 5. The lowest BCUT2D eigenvalue weighted by Crippen LogP contribution is -2.59. The quantitative estimate of drug-likeness (QED) is 0.116. The Morgan fingerprint density at radius 2 is 1.36 bits per heavy atom. The van der Waals surface area contributed by atoms with Gasteiger partial charge in [0.05, 0.1) is 6.04 Å². The first-order chi connectivity index (χ1) is 24.9. The molecule has 19 heteroatoms. The van der Waals surface area contributed by atoms with Crippen LogP contribution in [0, 0.1) is 0 Å². The molecule has 0 radical (unpaired) electrons. The highest BCUT2D eigenvalue weighted by Crippen LogP contribution is 2.31. The molecule has 0 fully saturated rings. The maximum atomic E-state index is 14.2. The summed E-state index contributed by atoms with van der Waals surface area (Å²) in [6.45, 7) is 0.804. The number of benzene rings is 3. The van der Waals surface area contributed by atoms with Crippen molar-refractivity contribution in [2.75, 3.05) is 19.6 Å². The summed E-state index contributed by atoms with van der Waals surface area (Å²) in [5.41, 5.74) is 26.3. The van der Waals surface area contributed by atoms with Crippen molar-refractivity contribution in [3.8, 4) is 28.4 Å². The molecule has 312 valence electrons. The lowest BCUT2D eigenvalue weighted by molar-refractivity contribution is -0.134. The molecule has 3 aromatic rings. The van der Waals surface area contributed by atoms with Crippen molar-refractivity contribution >= 4 is 73.3 Å². The van der Waals surface area contributed by atoms with Crippen molar-refractivity contribution in [1.82, 2.24) is 21.3 Å². The summed E-state index contributed by atoms with van der Waals surface area (Å²) >= 11 is 0. The molecule has 0 saturated carbocycles. The van der Waals surface area contributed by atoms with Crippen molar-refractivity contribution in [2.45, 2.75) is 75.2 Å². The third-order valence-electron chi connectivity index (χ3n) is 8.98. The molecule has 3 aromatic carbocycles. The summed E-state index contributed by atoms with van der Waals surface area (Å²) in [7, 11) is 0. The van der Waals surface area contributed by atoms with Crippen LogP contribution < -0.4 is 44.2 Å². The van der Waals surface area contributed by atoms with Gasteiger partial charge in [-0.2, -0.15) is 0 Å². The van der Waals surface area contributed by atoms with E-state index in [1.807, 2.05) is 0 Å². The van der Waals surface area contributed by atoms with Crippen LogP contribution in [0.2, 0.25) is 0 Å². The van der Waals surface area contributed by atoms with Gasteiger partial charge in [0.15, 0.2) is 0 Å². The number of nitrogens with one attached hydrogen (secondary N) is 4. The Bertz CT molecular complexity index is 1720. The summed E-state index contributed by atoms with van der Waals surface area (Å²) in [5.74, 6) is -2.78. The summed E-state index contributed by atoms with van der Waals surface area (Å²) in [6.07, 6.45) is 1.55. The molecule has 4 amide bonds. The predicted octanol–water partition coefficient (Wildman–Crippen LogP) is 1.20. The third kappa shape index (κ3) is 15.1. The molecular weight excluding hydrogens is 810 g/mol. The van der Waals surface area contributed by atoms with Gasteiger partial charge in [-0.15, -0.1) is 49.6 Å². The van der Waals surface area contributed by atoms with E-state index >= 15 is 0 Å². The van der Waals surface area contributed by atoms with Crippen molar-refractivity contribution in [3.63, 3.8) is 0 Å². The number of carbonyl (C=O) groups excluding carboxylic acids is 4. The van der Waals surface area contributed by atoms with E-state index in [1.54, 1.807) is 36.4 Å². The molecule has 15 N–H and O–H groups in total. The molecule has 56 heavy (non-hydrogen) atoms. The second-order valence-electron chi connectivity index (χ2n) is 13.1. The Morgan fingerprint density at radius 1 is 0.786 bits per heavy atom. The van der Waals surface area contributed by atoms with E-state index in [1.165, 1.54) is 24.3 Å². The first kappa shape index (κ1) is 51.9. The molecule has 15 nitrogen and oxygen atoms in total. The zero-order valence-electron chi connectivity index (χ0n) is 30.6. The van der Waals surface area contributed by atoms with Crippen LogP contribution in [0.4, 0.5) is 0 Å². The minimum absolute atomic E-state index is 0. The highest BCUT2D eigenvalue weighted by molar-refractivity contribution is 5.95. The lowest BCUT2D eigenvalue weighted by atomic mass is 9.95. The average molecular weight is 865 g/mol. The molecule has 1 aliphatic heterocycles. The molecule has 5 atom stereocenters. The summed E-state index contributed by atoms with van der Waals surface area (Å²) in [5, 5.41) is 42.2. The first-order valence-electron chi connectivity index (χ1n) is 17.4. The monoisotopic (exact) mass is 862 g/mol. The molecular formula is C37H54Cl4N8O7. The summed E-state index contributed by atoms with van der Waals surface area (Å²) in [6, 6.07) is 10.7. The van der Waals surface area contributed by atoms with Gasteiger partial charge in [0.2, 0.25) is 23.6 Å². The maximum absolute atomic E-state index is 14.2. The van der Waals surface area contributed by atoms with E-state index in [-0.39, 0.29) is 112 Å². The summed E-state index contributed by atoms with van der Waals surface area (Å²) < 4.78 is 0. The second-order valence-corrected chi connectivity index (χ2v) is 13.1. The van der Waals surface area contributed by atoms with Gasteiger partial charge in [-0.3, -0.25) is 19.2 Å². The maximum Gasteiger partial charge on any atom is 0.243 e. The minimum atomic E-state index is -1.33. The fourth-order valence-electron chi connectivity index (χ4n) is 5.94. The average Bonchev–Trinajstić information content (AvgIpc) is 3.12. The number of halogens is 4. The molecule has 1 heterocycles. The second kappa shape index (κ2) is 25.2. The van der Waals surface area contributed by atoms with Crippen LogP contribution in [0.3, 0.4) is 0 Å². The fraction of sp³-hybridized carbons (Fsp3) is 0.405. The van der Waals surface area contributed by atoms with Crippen molar-refractivity contribution in [1.29, 1.82) is 0 Å². The molecule has 0 saturated heterocycles. The molecule has 4 bridgehead atoms. The topological polar surface area (TPSA) is 281 Å². The summed E-state index contributed by atoms with van der Waals surface area (Å²) in [4.78, 5) is 54.8. The zero-order valence-corrected chi connectivity index (χ0v) is 33.9. The first-order valence-corrected chi connectivity index (χ1v) is 17.4. The number of nitrogens with two attached hydrogens (primary N) is 4. The highest BCUT2D eigenvalue weighted by Gasteiger charge is 2.32. The Labute approximate surface area is 351 Å². The van der Waals surface area contributed by atoms with E-state index in [2.05, 4.69) is 21.3 Å². The van der Waals surface area contributed by atoms with Gasteiger partial charge < -0.3 is 59.5 Å². The fourth-order valence-corrected chi connectivity index (χ4v) is 5.94. The van der Waals surface area contributed by atoms with E-state index in [4.69, 9.17) is 22.9 Å². The van der Waals surface area contributed by atoms with Crippen molar-refractivity contribution < 1.29 is 34.5 Å². The Balaban J connectivity index is 0.00000756. The predicted molar refractivity (Wildman–Crippen MR) is 225 cm³/mol. The van der Waals surface area contributed by atoms with Gasteiger partial charge >= 0.3 is 0 Å². The number of hydrogen-bond donors (Lipinski definition) is 11. The van der Waals surface area contributed by atoms with Crippen molar-refractivity contribution in [2.24, 2.45) is 22.9 Å². The minimum Gasteiger partial charge on any atom is -0.508 e. The third-order valence-corrected chi connectivity index (χ3v) is 8.98. The molecule has 0 aliphatic carbocycles. The number of phenols is 3. The van der Waals surface area contributed by atoms with Gasteiger partial charge in [0.25, 0.3) is 0 Å². The standard InChI is InChI=1S/C37H50N8O7.4ClH/c38-13-1-3-26(40)20-42-35(50)30(15-21-5-9-27(46)10-6-21)44-37(52)31-19-25-17-23(8-12-33(25)48)22-7-11-32(47)24(16-22)18-28(41)34(49)43-29(4-2-14-39)36(51)45-31;;;;/h5-12,16-17,26,28-31,46-48H,1-4,13-15,18-20,38-41H2,(H,42,50)(H,43,49)(H,44,52)(H,45,51);4*1H/t26-,28-,29-,30-,31-;;;;/m0..../s1. The SMILES string of the molecule is Cl.Cl.Cl.Cl.NCCC[C@H](N)CNC(=O)[C@H](Cc1ccc(O)cc1)NC(=O)[C@@H]1Cc2cc(ccc2O)-c2ccc(O)c(c2)C[C@H](N)C(=O)N[C@@H](CCCN)C(=O)N1. The van der Waals surface area contributed by atoms with Gasteiger partial charge in [-0.05, 0) is 103 Å². The van der Waals surface area contributed by atoms with Crippen LogP contribution in [0.1, 0.15) is 42.4 Å². The van der Waals surface area contributed by atoms with Crippen LogP contribution in [0.15, 0.2) is 60.7 Å². The molecule has 0 spiro atoms. The highest BCUT2D eigenvalue weighted by atomic mass is 35.5. The van der Waals surface area contributed by atoms with Gasteiger partial charge in [-0.1, -0.05) is 24.3 Å². The van der Waals surface area contributed by atoms with Crippen LogP contribution >= 0.6 is 49.6 Å². The number of amides is 4. The number of rotatable bonds is 13. The molecule has 1 aliphatic rings. The van der Waals surface area contributed by atoms with Crippen LogP contribution in [0.5, 0.6) is 17.2 Å². The van der Waals surface area contributed by atoms with Crippen LogP contribution in [-0.4, -0.2) is 88.8 Å². The van der Waals surface area contributed by atoms with Gasteiger partial charge in [0.1, 0.15) is 35.4 Å². The zero-order chi connectivity index (χ0) is 37.8. The van der Waals surface area contributed by atoms with E-state index < -0.39 is 47.8 Å². The Morgan fingerprint density at radius 3 is 1.93 bits per heavy atom.